The molecule has 0 amide bonds. The third-order valence-electron chi connectivity index (χ3n) is 6.42. The molecular formula is C17H27N3. The molecule has 0 unspecified atom stereocenters. The molecule has 0 spiro atoms. The van der Waals surface area contributed by atoms with Gasteiger partial charge in [0.25, 0.3) is 0 Å². The molecule has 4 aliphatic carbocycles. The fourth-order valence-electron chi connectivity index (χ4n) is 5.62. The number of hydrogen-bond donors (Lipinski definition) is 1. The molecule has 110 valence electrons. The Bertz CT molecular complexity index is 479. The predicted molar refractivity (Wildman–Crippen MR) is 80.5 cm³/mol. The maximum Gasteiger partial charge on any atom is 0.0954 e. The zero-order valence-corrected chi connectivity index (χ0v) is 13.0. The standard InChI is InChI=1S/C17H27N3/c1-16(2,18-3)15-10-19-11-20(15)17-7-12-4-13(8-17)6-14(5-12)9-17/h10-14,18H,4-9H2,1-3H3. The summed E-state index contributed by atoms with van der Waals surface area (Å²) in [6.07, 6.45) is 12.9. The van der Waals surface area contributed by atoms with Gasteiger partial charge in [0.15, 0.2) is 0 Å². The Morgan fingerprint density at radius 3 is 2.20 bits per heavy atom. The molecule has 4 fully saturated rings. The van der Waals surface area contributed by atoms with Crippen molar-refractivity contribution in [1.29, 1.82) is 0 Å². The van der Waals surface area contributed by atoms with Crippen molar-refractivity contribution >= 4 is 0 Å². The highest BCUT2D eigenvalue weighted by Gasteiger charge is 2.52. The minimum Gasteiger partial charge on any atom is -0.327 e. The van der Waals surface area contributed by atoms with E-state index in [0.29, 0.717) is 5.54 Å². The molecule has 1 aromatic heterocycles. The van der Waals surface area contributed by atoms with Gasteiger partial charge in [-0.1, -0.05) is 0 Å². The van der Waals surface area contributed by atoms with Crippen LogP contribution in [0.3, 0.4) is 0 Å². The highest BCUT2D eigenvalue weighted by Crippen LogP contribution is 2.59. The number of hydrogen-bond acceptors (Lipinski definition) is 2. The maximum absolute atomic E-state index is 4.52. The highest BCUT2D eigenvalue weighted by atomic mass is 15.2. The molecule has 1 N–H and O–H groups in total. The van der Waals surface area contributed by atoms with Crippen molar-refractivity contribution in [2.75, 3.05) is 7.05 Å². The first kappa shape index (κ1) is 12.9. The summed E-state index contributed by atoms with van der Waals surface area (Å²) in [5.41, 5.74) is 1.75. The fraction of sp³-hybridized carbons (Fsp3) is 0.824. The number of nitrogens with one attached hydrogen (secondary N) is 1. The summed E-state index contributed by atoms with van der Waals surface area (Å²) >= 11 is 0. The van der Waals surface area contributed by atoms with Gasteiger partial charge in [0.1, 0.15) is 0 Å². The first-order chi connectivity index (χ1) is 9.52. The van der Waals surface area contributed by atoms with Crippen LogP contribution in [0.2, 0.25) is 0 Å². The number of nitrogens with zero attached hydrogens (tertiary/aromatic N) is 2. The molecule has 4 aliphatic rings. The Balaban J connectivity index is 1.76. The van der Waals surface area contributed by atoms with E-state index in [1.807, 2.05) is 0 Å². The van der Waals surface area contributed by atoms with E-state index in [2.05, 4.69) is 48.3 Å². The van der Waals surface area contributed by atoms with Gasteiger partial charge < -0.3 is 9.88 Å². The largest absolute Gasteiger partial charge is 0.327 e. The summed E-state index contributed by atoms with van der Waals surface area (Å²) < 4.78 is 2.56. The fourth-order valence-corrected chi connectivity index (χ4v) is 5.62. The van der Waals surface area contributed by atoms with Crippen LogP contribution in [0, 0.1) is 17.8 Å². The van der Waals surface area contributed by atoms with Gasteiger partial charge >= 0.3 is 0 Å². The van der Waals surface area contributed by atoms with Crippen LogP contribution < -0.4 is 5.32 Å². The van der Waals surface area contributed by atoms with Crippen LogP contribution in [-0.4, -0.2) is 16.6 Å². The monoisotopic (exact) mass is 273 g/mol. The van der Waals surface area contributed by atoms with Gasteiger partial charge in [-0.2, -0.15) is 0 Å². The molecule has 0 aromatic carbocycles. The lowest BCUT2D eigenvalue weighted by Crippen LogP contribution is -2.53. The second kappa shape index (κ2) is 4.09. The molecule has 4 bridgehead atoms. The Hall–Kier alpha value is -0.830. The van der Waals surface area contributed by atoms with Gasteiger partial charge in [-0.3, -0.25) is 0 Å². The van der Waals surface area contributed by atoms with Crippen LogP contribution in [-0.2, 0) is 11.1 Å². The second-order valence-corrected chi connectivity index (χ2v) is 8.17. The van der Waals surface area contributed by atoms with Crippen LogP contribution in [0.15, 0.2) is 12.5 Å². The topological polar surface area (TPSA) is 29.9 Å². The average molecular weight is 273 g/mol. The maximum atomic E-state index is 4.52. The molecule has 0 saturated heterocycles. The van der Waals surface area contributed by atoms with Crippen LogP contribution in [0.1, 0.15) is 58.1 Å². The van der Waals surface area contributed by atoms with Gasteiger partial charge in [0.2, 0.25) is 0 Å². The van der Waals surface area contributed by atoms with Crippen molar-refractivity contribution < 1.29 is 0 Å². The van der Waals surface area contributed by atoms with Crippen molar-refractivity contribution in [3.05, 3.63) is 18.2 Å². The van der Waals surface area contributed by atoms with E-state index in [9.17, 15) is 0 Å². The van der Waals surface area contributed by atoms with Crippen molar-refractivity contribution in [1.82, 2.24) is 14.9 Å². The minimum atomic E-state index is -0.000167. The number of imidazole rings is 1. The van der Waals surface area contributed by atoms with E-state index in [1.54, 1.807) is 0 Å². The van der Waals surface area contributed by atoms with Crippen LogP contribution in [0.4, 0.5) is 0 Å². The number of rotatable bonds is 3. The molecule has 1 heterocycles. The van der Waals surface area contributed by atoms with Crippen LogP contribution in [0.5, 0.6) is 0 Å². The SMILES string of the molecule is CNC(C)(C)c1cncn1C12CC3CC(CC(C3)C1)C2. The van der Waals surface area contributed by atoms with Gasteiger partial charge in [-0.05, 0) is 77.2 Å². The molecule has 0 aliphatic heterocycles. The van der Waals surface area contributed by atoms with Crippen molar-refractivity contribution in [3.8, 4) is 0 Å². The zero-order chi connectivity index (χ0) is 14.0. The van der Waals surface area contributed by atoms with Crippen LogP contribution >= 0.6 is 0 Å². The molecule has 3 heteroatoms. The third kappa shape index (κ3) is 1.71. The van der Waals surface area contributed by atoms with Crippen molar-refractivity contribution in [3.63, 3.8) is 0 Å². The second-order valence-electron chi connectivity index (χ2n) is 8.17. The summed E-state index contributed by atoms with van der Waals surface area (Å²) in [5, 5.41) is 3.46. The van der Waals surface area contributed by atoms with Gasteiger partial charge in [0.05, 0.1) is 23.8 Å². The first-order valence-corrected chi connectivity index (χ1v) is 8.25. The molecule has 1 aromatic rings. The average Bonchev–Trinajstić information content (AvgIpc) is 2.87. The lowest BCUT2D eigenvalue weighted by molar-refractivity contribution is -0.0457. The molecule has 20 heavy (non-hydrogen) atoms. The highest BCUT2D eigenvalue weighted by molar-refractivity contribution is 5.17. The van der Waals surface area contributed by atoms with Crippen molar-refractivity contribution in [2.24, 2.45) is 17.8 Å². The molecule has 4 saturated carbocycles. The van der Waals surface area contributed by atoms with E-state index in [-0.39, 0.29) is 5.54 Å². The normalized spacial score (nSPS) is 39.5. The molecular weight excluding hydrogens is 246 g/mol. The molecule has 0 radical (unpaired) electrons. The van der Waals surface area contributed by atoms with Gasteiger partial charge in [-0.25, -0.2) is 4.98 Å². The number of aromatic nitrogens is 2. The lowest BCUT2D eigenvalue weighted by atomic mass is 9.53. The quantitative estimate of drug-likeness (QED) is 0.916. The van der Waals surface area contributed by atoms with Crippen LogP contribution in [0.25, 0.3) is 0 Å². The summed E-state index contributed by atoms with van der Waals surface area (Å²) in [4.78, 5) is 4.52. The van der Waals surface area contributed by atoms with E-state index >= 15 is 0 Å². The zero-order valence-electron chi connectivity index (χ0n) is 13.0. The van der Waals surface area contributed by atoms with Gasteiger partial charge in [0, 0.05) is 5.54 Å². The summed E-state index contributed by atoms with van der Waals surface area (Å²) in [7, 11) is 2.05. The minimum absolute atomic E-state index is 0.000167. The first-order valence-electron chi connectivity index (χ1n) is 8.25. The lowest BCUT2D eigenvalue weighted by Gasteiger charge is -2.58. The van der Waals surface area contributed by atoms with Crippen molar-refractivity contribution in [2.45, 2.75) is 63.5 Å². The van der Waals surface area contributed by atoms with E-state index in [0.717, 1.165) is 17.8 Å². The summed E-state index contributed by atoms with van der Waals surface area (Å²) in [6, 6.07) is 0. The summed E-state index contributed by atoms with van der Waals surface area (Å²) in [5.74, 6) is 2.94. The Kier molecular flexibility index (Phi) is 2.64. The summed E-state index contributed by atoms with van der Waals surface area (Å²) in [6.45, 7) is 4.53. The van der Waals surface area contributed by atoms with E-state index in [4.69, 9.17) is 0 Å². The van der Waals surface area contributed by atoms with E-state index in [1.165, 1.54) is 44.2 Å². The smallest absolute Gasteiger partial charge is 0.0954 e. The third-order valence-corrected chi connectivity index (χ3v) is 6.42. The Labute approximate surface area is 122 Å². The Morgan fingerprint density at radius 2 is 1.70 bits per heavy atom. The Morgan fingerprint density at radius 1 is 1.15 bits per heavy atom. The van der Waals surface area contributed by atoms with E-state index < -0.39 is 0 Å². The van der Waals surface area contributed by atoms with Gasteiger partial charge in [-0.15, -0.1) is 0 Å². The molecule has 0 atom stereocenters. The molecule has 5 rings (SSSR count). The predicted octanol–water partition coefficient (Wildman–Crippen LogP) is 3.26. The molecule has 3 nitrogen and oxygen atoms in total.